The van der Waals surface area contributed by atoms with Crippen molar-refractivity contribution < 1.29 is 9.84 Å². The molecule has 2 nitrogen and oxygen atoms in total. The smallest absolute Gasteiger partial charge is 0.0684 e. The molecule has 1 N–H and O–H groups in total. The molecule has 0 bridgehead atoms. The fourth-order valence-corrected chi connectivity index (χ4v) is 3.34. The van der Waals surface area contributed by atoms with Gasteiger partial charge in [0.15, 0.2) is 0 Å². The van der Waals surface area contributed by atoms with Crippen LogP contribution in [-0.2, 0) is 4.74 Å². The summed E-state index contributed by atoms with van der Waals surface area (Å²) in [4.78, 5) is 0. The maximum Gasteiger partial charge on any atom is 0.0684 e. The predicted octanol–water partition coefficient (Wildman–Crippen LogP) is 2.25. The highest BCUT2D eigenvalue weighted by atomic mass is 16.5. The molecule has 0 aromatic rings. The first kappa shape index (κ1) is 9.17. The van der Waals surface area contributed by atoms with E-state index in [1.165, 1.54) is 44.9 Å². The van der Waals surface area contributed by atoms with Gasteiger partial charge in [-0.2, -0.15) is 0 Å². The van der Waals surface area contributed by atoms with Crippen molar-refractivity contribution in [2.45, 2.75) is 69.7 Å². The molecule has 0 amide bonds. The van der Waals surface area contributed by atoms with E-state index in [9.17, 15) is 5.11 Å². The minimum atomic E-state index is -0.0601. The van der Waals surface area contributed by atoms with Crippen LogP contribution >= 0.6 is 0 Å². The summed E-state index contributed by atoms with van der Waals surface area (Å²) in [5.74, 6) is 0. The molecular formula is C12H20O2. The van der Waals surface area contributed by atoms with E-state index in [2.05, 4.69) is 0 Å². The summed E-state index contributed by atoms with van der Waals surface area (Å²) in [5, 5.41) is 9.89. The van der Waals surface area contributed by atoms with Gasteiger partial charge in [0.05, 0.1) is 18.3 Å². The van der Waals surface area contributed by atoms with Gasteiger partial charge in [-0.3, -0.25) is 0 Å². The maximum atomic E-state index is 9.89. The van der Waals surface area contributed by atoms with Crippen molar-refractivity contribution in [3.8, 4) is 0 Å². The highest BCUT2D eigenvalue weighted by Gasteiger charge is 2.56. The van der Waals surface area contributed by atoms with Crippen molar-refractivity contribution in [3.63, 3.8) is 0 Å². The van der Waals surface area contributed by atoms with Crippen molar-refractivity contribution in [1.29, 1.82) is 0 Å². The maximum absolute atomic E-state index is 9.89. The van der Waals surface area contributed by atoms with Crippen LogP contribution in [0.15, 0.2) is 0 Å². The van der Waals surface area contributed by atoms with E-state index in [0.29, 0.717) is 12.2 Å². The normalized spacial score (nSPS) is 40.9. The highest BCUT2D eigenvalue weighted by molar-refractivity contribution is 5.06. The van der Waals surface area contributed by atoms with Crippen LogP contribution in [0.2, 0.25) is 0 Å². The average Bonchev–Trinajstić information content (AvgIpc) is 2.59. The number of rotatable bonds is 2. The Hall–Kier alpha value is -0.0800. The van der Waals surface area contributed by atoms with Gasteiger partial charge in [-0.1, -0.05) is 12.8 Å². The molecule has 0 aliphatic heterocycles. The van der Waals surface area contributed by atoms with E-state index < -0.39 is 0 Å². The van der Waals surface area contributed by atoms with E-state index in [-0.39, 0.29) is 11.5 Å². The van der Waals surface area contributed by atoms with Crippen molar-refractivity contribution in [1.82, 2.24) is 0 Å². The molecule has 3 aliphatic rings. The molecule has 14 heavy (non-hydrogen) atoms. The molecule has 0 aromatic carbocycles. The Bertz CT molecular complexity index is 216. The molecular weight excluding hydrogens is 176 g/mol. The third kappa shape index (κ3) is 1.17. The Labute approximate surface area is 85.6 Å². The lowest BCUT2D eigenvalue weighted by Crippen LogP contribution is -2.58. The minimum absolute atomic E-state index is 0.0601. The zero-order chi connectivity index (χ0) is 9.60. The monoisotopic (exact) mass is 196 g/mol. The fraction of sp³-hybridized carbons (Fsp3) is 1.00. The third-order valence-electron chi connectivity index (χ3n) is 4.69. The Balaban J connectivity index is 1.63. The Morgan fingerprint density at radius 3 is 2.29 bits per heavy atom. The number of aliphatic hydroxyl groups is 1. The van der Waals surface area contributed by atoms with Crippen molar-refractivity contribution in [2.24, 2.45) is 5.41 Å². The summed E-state index contributed by atoms with van der Waals surface area (Å²) >= 11 is 0. The van der Waals surface area contributed by atoms with Gasteiger partial charge in [0.25, 0.3) is 0 Å². The first-order valence-electron chi connectivity index (χ1n) is 6.15. The number of hydrogen-bond donors (Lipinski definition) is 1. The molecule has 0 radical (unpaired) electrons. The van der Waals surface area contributed by atoms with Crippen molar-refractivity contribution >= 4 is 0 Å². The van der Waals surface area contributed by atoms with Crippen LogP contribution in [0.4, 0.5) is 0 Å². The SMILES string of the molecule is OC1CC(OC2CCC2)C12CCCC2. The molecule has 80 valence electrons. The van der Waals surface area contributed by atoms with Crippen LogP contribution < -0.4 is 0 Å². The summed E-state index contributed by atoms with van der Waals surface area (Å²) in [6.45, 7) is 0. The standard InChI is InChI=1S/C12H20O2/c13-10-8-11(14-9-4-3-5-9)12(10)6-1-2-7-12/h9-11,13H,1-8H2. The molecule has 0 heterocycles. The number of ether oxygens (including phenoxy) is 1. The lowest BCUT2D eigenvalue weighted by molar-refractivity contribution is -0.217. The van der Waals surface area contributed by atoms with Gasteiger partial charge >= 0.3 is 0 Å². The molecule has 3 rings (SSSR count). The van der Waals surface area contributed by atoms with Gasteiger partial charge in [-0.15, -0.1) is 0 Å². The third-order valence-corrected chi connectivity index (χ3v) is 4.69. The molecule has 3 fully saturated rings. The zero-order valence-electron chi connectivity index (χ0n) is 8.74. The van der Waals surface area contributed by atoms with E-state index in [1.54, 1.807) is 0 Å². The van der Waals surface area contributed by atoms with E-state index in [1.807, 2.05) is 0 Å². The summed E-state index contributed by atoms with van der Waals surface area (Å²) in [6.07, 6.45) is 10.6. The Morgan fingerprint density at radius 2 is 1.79 bits per heavy atom. The van der Waals surface area contributed by atoms with Gasteiger partial charge in [-0.25, -0.2) is 0 Å². The zero-order valence-corrected chi connectivity index (χ0v) is 8.74. The van der Waals surface area contributed by atoms with E-state index in [0.717, 1.165) is 6.42 Å². The van der Waals surface area contributed by atoms with Crippen molar-refractivity contribution in [2.75, 3.05) is 0 Å². The molecule has 0 saturated heterocycles. The van der Waals surface area contributed by atoms with Gasteiger partial charge < -0.3 is 9.84 Å². The predicted molar refractivity (Wildman–Crippen MR) is 54.0 cm³/mol. The molecule has 2 unspecified atom stereocenters. The molecule has 2 atom stereocenters. The summed E-state index contributed by atoms with van der Waals surface area (Å²) in [6, 6.07) is 0. The van der Waals surface area contributed by atoms with Gasteiger partial charge in [0, 0.05) is 11.8 Å². The lowest BCUT2D eigenvalue weighted by Gasteiger charge is -2.53. The van der Waals surface area contributed by atoms with Crippen molar-refractivity contribution in [3.05, 3.63) is 0 Å². The molecule has 3 saturated carbocycles. The quantitative estimate of drug-likeness (QED) is 0.734. The highest BCUT2D eigenvalue weighted by Crippen LogP contribution is 2.55. The van der Waals surface area contributed by atoms with Gasteiger partial charge in [0.1, 0.15) is 0 Å². The second kappa shape index (κ2) is 3.21. The summed E-state index contributed by atoms with van der Waals surface area (Å²) < 4.78 is 6.07. The first-order chi connectivity index (χ1) is 6.81. The van der Waals surface area contributed by atoms with Gasteiger partial charge in [0.2, 0.25) is 0 Å². The van der Waals surface area contributed by atoms with Gasteiger partial charge in [-0.05, 0) is 32.1 Å². The second-order valence-electron chi connectivity index (χ2n) is 5.37. The largest absolute Gasteiger partial charge is 0.392 e. The van der Waals surface area contributed by atoms with Crippen LogP contribution in [0.5, 0.6) is 0 Å². The lowest BCUT2D eigenvalue weighted by atomic mass is 9.62. The van der Waals surface area contributed by atoms with E-state index >= 15 is 0 Å². The van der Waals surface area contributed by atoms with Crippen LogP contribution in [0, 0.1) is 5.41 Å². The van der Waals surface area contributed by atoms with E-state index in [4.69, 9.17) is 4.74 Å². The Morgan fingerprint density at radius 1 is 1.07 bits per heavy atom. The average molecular weight is 196 g/mol. The van der Waals surface area contributed by atoms with Crippen LogP contribution in [-0.4, -0.2) is 23.4 Å². The fourth-order valence-electron chi connectivity index (χ4n) is 3.34. The van der Waals surface area contributed by atoms with Crippen LogP contribution in [0.25, 0.3) is 0 Å². The molecule has 1 spiro atoms. The Kier molecular flexibility index (Phi) is 2.10. The second-order valence-corrected chi connectivity index (χ2v) is 5.37. The molecule has 3 aliphatic carbocycles. The molecule has 2 heteroatoms. The number of aliphatic hydroxyl groups excluding tert-OH is 1. The summed E-state index contributed by atoms with van der Waals surface area (Å²) in [5.41, 5.74) is 0.190. The first-order valence-corrected chi connectivity index (χ1v) is 6.15. The summed E-state index contributed by atoms with van der Waals surface area (Å²) in [7, 11) is 0. The minimum Gasteiger partial charge on any atom is -0.392 e. The number of hydrogen-bond acceptors (Lipinski definition) is 2. The van der Waals surface area contributed by atoms with Crippen LogP contribution in [0.1, 0.15) is 51.4 Å². The van der Waals surface area contributed by atoms with Crippen LogP contribution in [0.3, 0.4) is 0 Å². The molecule has 0 aromatic heterocycles. The topological polar surface area (TPSA) is 29.5 Å².